The summed E-state index contributed by atoms with van der Waals surface area (Å²) < 4.78 is 0. The second-order valence-corrected chi connectivity index (χ2v) is 5.10. The van der Waals surface area contributed by atoms with Crippen molar-refractivity contribution in [3.63, 3.8) is 0 Å². The summed E-state index contributed by atoms with van der Waals surface area (Å²) in [4.78, 5) is 13.0. The lowest BCUT2D eigenvalue weighted by molar-refractivity contribution is -0.120. The van der Waals surface area contributed by atoms with Crippen LogP contribution >= 0.6 is 0 Å². The number of amides is 1. The lowest BCUT2D eigenvalue weighted by Gasteiger charge is -2.45. The van der Waals surface area contributed by atoms with Crippen LogP contribution in [0.25, 0.3) is 0 Å². The molecule has 0 bridgehead atoms. The number of likely N-dealkylation sites (N-methyl/N-ethyl adjacent to an activating group) is 1. The zero-order chi connectivity index (χ0) is 12.2. The highest BCUT2D eigenvalue weighted by atomic mass is 16.1. The van der Waals surface area contributed by atoms with Gasteiger partial charge in [-0.05, 0) is 38.6 Å². The maximum absolute atomic E-state index is 11.0. The largest absolute Gasteiger partial charge is 0.369 e. The van der Waals surface area contributed by atoms with Gasteiger partial charge < -0.3 is 11.5 Å². The van der Waals surface area contributed by atoms with E-state index in [4.69, 9.17) is 11.5 Å². The normalized spacial score (nSPS) is 30.6. The van der Waals surface area contributed by atoms with Crippen molar-refractivity contribution in [2.45, 2.75) is 44.6 Å². The molecule has 0 aromatic rings. The van der Waals surface area contributed by atoms with E-state index in [2.05, 4.69) is 11.8 Å². The van der Waals surface area contributed by atoms with Crippen molar-refractivity contribution in [2.24, 2.45) is 17.4 Å². The molecule has 0 radical (unpaired) electrons. The molecule has 4 heteroatoms. The van der Waals surface area contributed by atoms with E-state index in [9.17, 15) is 4.79 Å². The van der Waals surface area contributed by atoms with Gasteiger partial charge in [0.15, 0.2) is 0 Å². The van der Waals surface area contributed by atoms with Gasteiger partial charge >= 0.3 is 0 Å². The zero-order valence-corrected chi connectivity index (χ0v) is 10.5. The number of rotatable bonds is 5. The molecule has 0 spiro atoms. The number of nitrogens with zero attached hydrogens (tertiary/aromatic N) is 1. The first-order chi connectivity index (χ1) is 7.54. The van der Waals surface area contributed by atoms with E-state index < -0.39 is 0 Å². The van der Waals surface area contributed by atoms with Crippen molar-refractivity contribution in [1.29, 1.82) is 0 Å². The molecule has 0 aromatic carbocycles. The SMILES string of the molecule is CCC1CCC(CN)(N(C)CC(N)=O)CC1. The van der Waals surface area contributed by atoms with Crippen molar-refractivity contribution in [2.75, 3.05) is 20.1 Å². The molecule has 0 aromatic heterocycles. The van der Waals surface area contributed by atoms with Crippen molar-refractivity contribution >= 4 is 5.91 Å². The molecule has 0 atom stereocenters. The third-order valence-electron chi connectivity index (χ3n) is 4.20. The fourth-order valence-corrected chi connectivity index (χ4v) is 2.77. The van der Waals surface area contributed by atoms with Crippen molar-refractivity contribution < 1.29 is 4.79 Å². The topological polar surface area (TPSA) is 72.3 Å². The lowest BCUT2D eigenvalue weighted by atomic mass is 9.74. The van der Waals surface area contributed by atoms with Crippen molar-refractivity contribution in [1.82, 2.24) is 4.90 Å². The smallest absolute Gasteiger partial charge is 0.231 e. The zero-order valence-electron chi connectivity index (χ0n) is 10.5. The summed E-state index contributed by atoms with van der Waals surface area (Å²) in [6.45, 7) is 3.18. The van der Waals surface area contributed by atoms with E-state index in [1.54, 1.807) is 0 Å². The Morgan fingerprint density at radius 3 is 2.38 bits per heavy atom. The highest BCUT2D eigenvalue weighted by Crippen LogP contribution is 2.36. The highest BCUT2D eigenvalue weighted by molar-refractivity contribution is 5.76. The standard InChI is InChI=1S/C12H25N3O/c1-3-10-4-6-12(9-13,7-5-10)15(2)8-11(14)16/h10H,3-9,13H2,1-2H3,(H2,14,16). The fraction of sp³-hybridized carbons (Fsp3) is 0.917. The molecule has 1 aliphatic carbocycles. The fourth-order valence-electron chi connectivity index (χ4n) is 2.77. The van der Waals surface area contributed by atoms with Crippen molar-refractivity contribution in [3.05, 3.63) is 0 Å². The van der Waals surface area contributed by atoms with E-state index in [1.165, 1.54) is 19.3 Å². The Bertz CT molecular complexity index is 234. The van der Waals surface area contributed by atoms with Crippen molar-refractivity contribution in [3.8, 4) is 0 Å². The lowest BCUT2D eigenvalue weighted by Crippen LogP contribution is -2.56. The minimum atomic E-state index is -0.270. The first kappa shape index (κ1) is 13.5. The molecule has 0 aliphatic heterocycles. The molecule has 1 fully saturated rings. The molecule has 4 nitrogen and oxygen atoms in total. The Morgan fingerprint density at radius 2 is 2.00 bits per heavy atom. The second-order valence-electron chi connectivity index (χ2n) is 5.10. The van der Waals surface area contributed by atoms with E-state index in [0.717, 1.165) is 18.8 Å². The van der Waals surface area contributed by atoms with Crippen LogP contribution in [0.1, 0.15) is 39.0 Å². The molecule has 0 saturated heterocycles. The summed E-state index contributed by atoms with van der Waals surface area (Å²) in [6, 6.07) is 0. The average Bonchev–Trinajstić information content (AvgIpc) is 2.28. The van der Waals surface area contributed by atoms with Gasteiger partial charge in [-0.2, -0.15) is 0 Å². The molecule has 1 rings (SSSR count). The van der Waals surface area contributed by atoms with Gasteiger partial charge in [0, 0.05) is 12.1 Å². The van der Waals surface area contributed by atoms with Crippen LogP contribution in [0.15, 0.2) is 0 Å². The molecule has 94 valence electrons. The summed E-state index contributed by atoms with van der Waals surface area (Å²) in [7, 11) is 1.96. The summed E-state index contributed by atoms with van der Waals surface area (Å²) in [5.41, 5.74) is 11.2. The van der Waals surface area contributed by atoms with Crippen LogP contribution in [0.2, 0.25) is 0 Å². The summed E-state index contributed by atoms with van der Waals surface area (Å²) >= 11 is 0. The molecule has 16 heavy (non-hydrogen) atoms. The summed E-state index contributed by atoms with van der Waals surface area (Å²) in [5, 5.41) is 0. The maximum atomic E-state index is 11.0. The predicted molar refractivity (Wildman–Crippen MR) is 65.9 cm³/mol. The minimum absolute atomic E-state index is 0.000694. The number of hydrogen-bond acceptors (Lipinski definition) is 3. The molecular formula is C12H25N3O. The van der Waals surface area contributed by atoms with Gasteiger partial charge in [-0.15, -0.1) is 0 Å². The highest BCUT2D eigenvalue weighted by Gasteiger charge is 2.37. The minimum Gasteiger partial charge on any atom is -0.369 e. The molecule has 0 unspecified atom stereocenters. The Labute approximate surface area is 98.3 Å². The predicted octanol–water partition coefficient (Wildman–Crippen LogP) is 0.701. The van der Waals surface area contributed by atoms with Gasteiger partial charge in [0.05, 0.1) is 6.54 Å². The van der Waals surface area contributed by atoms with Crippen LogP contribution in [-0.2, 0) is 4.79 Å². The molecule has 1 saturated carbocycles. The monoisotopic (exact) mass is 227 g/mol. The van der Waals surface area contributed by atoms with Gasteiger partial charge in [-0.25, -0.2) is 0 Å². The van der Waals surface area contributed by atoms with E-state index >= 15 is 0 Å². The number of primary amides is 1. The van der Waals surface area contributed by atoms with Crippen LogP contribution in [0.3, 0.4) is 0 Å². The second kappa shape index (κ2) is 5.64. The average molecular weight is 227 g/mol. The maximum Gasteiger partial charge on any atom is 0.231 e. The van der Waals surface area contributed by atoms with Gasteiger partial charge in [0.25, 0.3) is 0 Å². The Balaban J connectivity index is 2.61. The number of carbonyl (C=O) groups is 1. The third-order valence-corrected chi connectivity index (χ3v) is 4.20. The quantitative estimate of drug-likeness (QED) is 0.726. The Morgan fingerprint density at radius 1 is 1.44 bits per heavy atom. The van der Waals surface area contributed by atoms with Crippen LogP contribution in [0.5, 0.6) is 0 Å². The van der Waals surface area contributed by atoms with Gasteiger partial charge in [0.1, 0.15) is 0 Å². The van der Waals surface area contributed by atoms with Crippen LogP contribution < -0.4 is 11.5 Å². The summed E-state index contributed by atoms with van der Waals surface area (Å²) in [6.07, 6.45) is 5.87. The molecule has 1 aliphatic rings. The van der Waals surface area contributed by atoms with Gasteiger partial charge in [-0.1, -0.05) is 13.3 Å². The van der Waals surface area contributed by atoms with E-state index in [0.29, 0.717) is 13.1 Å². The van der Waals surface area contributed by atoms with Crippen LogP contribution in [0.4, 0.5) is 0 Å². The number of nitrogens with two attached hydrogens (primary N) is 2. The Hall–Kier alpha value is -0.610. The third kappa shape index (κ3) is 2.95. The van der Waals surface area contributed by atoms with Gasteiger partial charge in [0.2, 0.25) is 5.91 Å². The van der Waals surface area contributed by atoms with E-state index in [1.807, 2.05) is 7.05 Å². The molecule has 0 heterocycles. The molecule has 4 N–H and O–H groups in total. The first-order valence-electron chi connectivity index (χ1n) is 6.23. The summed E-state index contributed by atoms with van der Waals surface area (Å²) in [5.74, 6) is 0.564. The van der Waals surface area contributed by atoms with Crippen LogP contribution in [0, 0.1) is 5.92 Å². The number of hydrogen-bond donors (Lipinski definition) is 2. The Kier molecular flexibility index (Phi) is 4.74. The van der Waals surface area contributed by atoms with E-state index in [-0.39, 0.29) is 11.4 Å². The van der Waals surface area contributed by atoms with Crippen LogP contribution in [-0.4, -0.2) is 36.5 Å². The molecule has 1 amide bonds. The van der Waals surface area contributed by atoms with Gasteiger partial charge in [-0.3, -0.25) is 9.69 Å². The molecular weight excluding hydrogens is 202 g/mol. The number of carbonyl (C=O) groups excluding carboxylic acids is 1. The first-order valence-corrected chi connectivity index (χ1v) is 6.23.